The predicted octanol–water partition coefficient (Wildman–Crippen LogP) is 1.90. The maximum Gasteiger partial charge on any atom is 0.309 e. The van der Waals surface area contributed by atoms with E-state index in [1.54, 1.807) is 13.0 Å². The molecule has 5 nitrogen and oxygen atoms in total. The summed E-state index contributed by atoms with van der Waals surface area (Å²) >= 11 is 0. The Bertz CT molecular complexity index is 565. The van der Waals surface area contributed by atoms with Crippen molar-refractivity contribution in [3.05, 3.63) is 12.2 Å². The highest BCUT2D eigenvalue weighted by Crippen LogP contribution is 2.54. The molecule has 1 saturated heterocycles. The summed E-state index contributed by atoms with van der Waals surface area (Å²) in [6.07, 6.45) is 3.30. The van der Waals surface area contributed by atoms with E-state index in [0.717, 1.165) is 0 Å². The fraction of sp³-hybridized carbons (Fsp3) is 0.706. The van der Waals surface area contributed by atoms with Crippen LogP contribution in [0.15, 0.2) is 12.2 Å². The summed E-state index contributed by atoms with van der Waals surface area (Å²) in [6, 6.07) is 0. The molecule has 7 atom stereocenters. The highest BCUT2D eigenvalue weighted by atomic mass is 16.6. The zero-order chi connectivity index (χ0) is 16.2. The molecular formula is C17H22O5. The minimum Gasteiger partial charge on any atom is -0.462 e. The van der Waals surface area contributed by atoms with Crippen molar-refractivity contribution < 1.29 is 23.9 Å². The van der Waals surface area contributed by atoms with Gasteiger partial charge in [-0.05, 0) is 31.3 Å². The Balaban J connectivity index is 2.10. The summed E-state index contributed by atoms with van der Waals surface area (Å²) in [7, 11) is 0. The Kier molecular flexibility index (Phi) is 3.42. The molecule has 2 fully saturated rings. The molecule has 0 radical (unpaired) electrons. The standard InChI is InChI=1S/C17H22O5/c1-8-7-12-14(9(2)16(20)22-12)15(21-10(3)18)17(4)11(8)5-6-13(17)19/h5-6,8-9,11-12,14-15H,7H2,1-4H3/t8-,9-,11+,12+,14-,15?,17+/m1/s1. The van der Waals surface area contributed by atoms with E-state index >= 15 is 0 Å². The van der Waals surface area contributed by atoms with E-state index < -0.39 is 17.5 Å². The molecule has 0 bridgehead atoms. The van der Waals surface area contributed by atoms with Crippen LogP contribution < -0.4 is 0 Å². The van der Waals surface area contributed by atoms with Crippen LogP contribution in [0, 0.1) is 29.1 Å². The molecule has 22 heavy (non-hydrogen) atoms. The molecule has 0 aromatic rings. The summed E-state index contributed by atoms with van der Waals surface area (Å²) in [5.74, 6) is -1.17. The Labute approximate surface area is 130 Å². The van der Waals surface area contributed by atoms with E-state index in [4.69, 9.17) is 9.47 Å². The molecule has 0 N–H and O–H groups in total. The lowest BCUT2D eigenvalue weighted by atomic mass is 9.66. The first kappa shape index (κ1) is 15.3. The van der Waals surface area contributed by atoms with Gasteiger partial charge in [0.2, 0.25) is 0 Å². The van der Waals surface area contributed by atoms with Crippen LogP contribution in [0.25, 0.3) is 0 Å². The fourth-order valence-electron chi connectivity index (χ4n) is 4.61. The number of fused-ring (bicyclic) bond motifs is 2. The molecule has 1 unspecified atom stereocenters. The van der Waals surface area contributed by atoms with Crippen molar-refractivity contribution in [2.24, 2.45) is 29.1 Å². The molecule has 3 aliphatic rings. The average molecular weight is 306 g/mol. The van der Waals surface area contributed by atoms with Gasteiger partial charge in [0.15, 0.2) is 5.78 Å². The molecule has 1 aliphatic heterocycles. The maximum atomic E-state index is 12.6. The molecule has 2 aliphatic carbocycles. The van der Waals surface area contributed by atoms with Gasteiger partial charge < -0.3 is 9.47 Å². The number of allylic oxidation sites excluding steroid dienone is 2. The van der Waals surface area contributed by atoms with Crippen LogP contribution in [0.4, 0.5) is 0 Å². The number of hydrogen-bond donors (Lipinski definition) is 0. The third kappa shape index (κ3) is 1.94. The van der Waals surface area contributed by atoms with Crippen molar-refractivity contribution in [3.63, 3.8) is 0 Å². The van der Waals surface area contributed by atoms with E-state index in [2.05, 4.69) is 6.92 Å². The zero-order valence-electron chi connectivity index (χ0n) is 13.4. The third-order valence-corrected chi connectivity index (χ3v) is 5.77. The fourth-order valence-corrected chi connectivity index (χ4v) is 4.61. The Morgan fingerprint density at radius 1 is 1.36 bits per heavy atom. The number of carbonyl (C=O) groups excluding carboxylic acids is 3. The summed E-state index contributed by atoms with van der Waals surface area (Å²) in [5, 5.41) is 0. The average Bonchev–Trinajstić information content (AvgIpc) is 2.84. The van der Waals surface area contributed by atoms with Gasteiger partial charge >= 0.3 is 11.9 Å². The number of ether oxygens (including phenoxy) is 2. The summed E-state index contributed by atoms with van der Waals surface area (Å²) in [6.45, 7) is 7.07. The quantitative estimate of drug-likeness (QED) is 0.692. The molecule has 0 aromatic carbocycles. The van der Waals surface area contributed by atoms with E-state index in [9.17, 15) is 14.4 Å². The number of ketones is 1. The summed E-state index contributed by atoms with van der Waals surface area (Å²) in [4.78, 5) is 36.2. The topological polar surface area (TPSA) is 69.7 Å². The van der Waals surface area contributed by atoms with Gasteiger partial charge in [-0.2, -0.15) is 0 Å². The second-order valence-corrected chi connectivity index (χ2v) is 7.12. The SMILES string of the molecule is CC(=O)OC1[C@H]2[C@H](C[C@@H](C)[C@@H]3C=CC(=O)[C@@]13C)OC(=O)[C@@H]2C. The van der Waals surface area contributed by atoms with Crippen molar-refractivity contribution in [2.45, 2.75) is 46.3 Å². The largest absolute Gasteiger partial charge is 0.462 e. The van der Waals surface area contributed by atoms with Gasteiger partial charge in [0, 0.05) is 12.8 Å². The predicted molar refractivity (Wildman–Crippen MR) is 77.6 cm³/mol. The molecule has 1 saturated carbocycles. The number of rotatable bonds is 1. The summed E-state index contributed by atoms with van der Waals surface area (Å²) < 4.78 is 11.1. The van der Waals surface area contributed by atoms with Gasteiger partial charge in [-0.3, -0.25) is 14.4 Å². The Morgan fingerprint density at radius 3 is 2.68 bits per heavy atom. The molecule has 3 rings (SSSR count). The zero-order valence-corrected chi connectivity index (χ0v) is 13.4. The molecular weight excluding hydrogens is 284 g/mol. The third-order valence-electron chi connectivity index (χ3n) is 5.77. The number of hydrogen-bond acceptors (Lipinski definition) is 5. The molecule has 0 spiro atoms. The van der Waals surface area contributed by atoms with Gasteiger partial charge in [-0.1, -0.05) is 19.9 Å². The lowest BCUT2D eigenvalue weighted by molar-refractivity contribution is -0.165. The van der Waals surface area contributed by atoms with Gasteiger partial charge in [0.05, 0.1) is 11.3 Å². The van der Waals surface area contributed by atoms with Crippen LogP contribution in [0.3, 0.4) is 0 Å². The lowest BCUT2D eigenvalue weighted by Gasteiger charge is -2.40. The van der Waals surface area contributed by atoms with Crippen molar-refractivity contribution in [3.8, 4) is 0 Å². The number of esters is 2. The van der Waals surface area contributed by atoms with Crippen LogP contribution in [-0.2, 0) is 23.9 Å². The Hall–Kier alpha value is -1.65. The minimum atomic E-state index is -0.813. The second-order valence-electron chi connectivity index (χ2n) is 7.12. The van der Waals surface area contributed by atoms with Crippen LogP contribution in [0.2, 0.25) is 0 Å². The lowest BCUT2D eigenvalue weighted by Crippen LogP contribution is -2.50. The van der Waals surface area contributed by atoms with Crippen LogP contribution in [0.5, 0.6) is 0 Å². The van der Waals surface area contributed by atoms with Crippen molar-refractivity contribution in [1.82, 2.24) is 0 Å². The molecule has 5 heteroatoms. The normalized spacial score (nSPS) is 46.7. The summed E-state index contributed by atoms with van der Waals surface area (Å²) in [5.41, 5.74) is -0.813. The molecule has 120 valence electrons. The van der Waals surface area contributed by atoms with Crippen molar-refractivity contribution in [2.75, 3.05) is 0 Å². The Morgan fingerprint density at radius 2 is 2.05 bits per heavy atom. The van der Waals surface area contributed by atoms with E-state index in [-0.39, 0.29) is 41.5 Å². The minimum absolute atomic E-state index is 0.000789. The van der Waals surface area contributed by atoms with Gasteiger partial charge in [-0.15, -0.1) is 0 Å². The van der Waals surface area contributed by atoms with Crippen LogP contribution >= 0.6 is 0 Å². The van der Waals surface area contributed by atoms with E-state index in [0.29, 0.717) is 6.42 Å². The smallest absolute Gasteiger partial charge is 0.309 e. The number of carbonyl (C=O) groups is 3. The highest BCUT2D eigenvalue weighted by Gasteiger charge is 2.62. The van der Waals surface area contributed by atoms with Gasteiger partial charge in [0.25, 0.3) is 0 Å². The van der Waals surface area contributed by atoms with Gasteiger partial charge in [-0.25, -0.2) is 0 Å². The second kappa shape index (κ2) is 4.93. The first-order chi connectivity index (χ1) is 10.3. The van der Waals surface area contributed by atoms with Crippen LogP contribution in [0.1, 0.15) is 34.1 Å². The molecule has 1 heterocycles. The van der Waals surface area contributed by atoms with Gasteiger partial charge in [0.1, 0.15) is 12.2 Å². The maximum absolute atomic E-state index is 12.6. The van der Waals surface area contributed by atoms with E-state index in [1.165, 1.54) is 6.92 Å². The highest BCUT2D eigenvalue weighted by molar-refractivity contribution is 5.98. The first-order valence-corrected chi connectivity index (χ1v) is 7.87. The van der Waals surface area contributed by atoms with E-state index in [1.807, 2.05) is 13.0 Å². The van der Waals surface area contributed by atoms with Crippen molar-refractivity contribution in [1.29, 1.82) is 0 Å². The van der Waals surface area contributed by atoms with Crippen LogP contribution in [-0.4, -0.2) is 29.9 Å². The molecule has 0 amide bonds. The monoisotopic (exact) mass is 306 g/mol. The molecule has 0 aromatic heterocycles. The first-order valence-electron chi connectivity index (χ1n) is 7.87. The van der Waals surface area contributed by atoms with Crippen molar-refractivity contribution >= 4 is 17.7 Å².